The third-order valence-electron chi connectivity index (χ3n) is 3.78. The monoisotopic (exact) mass is 385 g/mol. The Morgan fingerprint density at radius 1 is 1.15 bits per heavy atom. The molecule has 26 heavy (non-hydrogen) atoms. The van der Waals surface area contributed by atoms with Crippen molar-refractivity contribution >= 4 is 11.4 Å². The number of halogens is 3. The highest BCUT2D eigenvalue weighted by Gasteiger charge is 2.32. The zero-order chi connectivity index (χ0) is 19.7. The standard InChI is InChI=1S/C18H22F3N3OS/c1-11-8-15(12(2)24-26(25)17(3,4)5)23-10-14(11)13-6-7-22-16(9-13)18(19,20)21/h6-10,12,24H,1-5H3/t12-,26-/m0/s1. The number of aryl methyl sites for hydroxylation is 1. The molecular weight excluding hydrogens is 363 g/mol. The SMILES string of the molecule is Cc1cc([C@H](C)N[S@@+]([O-])C(C)(C)C)ncc1-c1ccnc(C(F)(F)F)c1. The number of aromatic nitrogens is 2. The number of alkyl halides is 3. The zero-order valence-electron chi connectivity index (χ0n) is 15.3. The van der Waals surface area contributed by atoms with E-state index >= 15 is 0 Å². The predicted octanol–water partition coefficient (Wildman–Crippen LogP) is 4.58. The van der Waals surface area contributed by atoms with Crippen LogP contribution < -0.4 is 4.72 Å². The number of nitrogens with one attached hydrogen (secondary N) is 1. The van der Waals surface area contributed by atoms with Crippen LogP contribution in [0, 0.1) is 6.92 Å². The van der Waals surface area contributed by atoms with Gasteiger partial charge in [-0.2, -0.15) is 13.2 Å². The van der Waals surface area contributed by atoms with Crippen LogP contribution in [0.4, 0.5) is 13.2 Å². The summed E-state index contributed by atoms with van der Waals surface area (Å²) in [6, 6.07) is 4.07. The summed E-state index contributed by atoms with van der Waals surface area (Å²) in [5.74, 6) is 0. The van der Waals surface area contributed by atoms with Crippen LogP contribution in [0.15, 0.2) is 30.6 Å². The van der Waals surface area contributed by atoms with Gasteiger partial charge in [0.25, 0.3) is 0 Å². The van der Waals surface area contributed by atoms with E-state index in [1.54, 1.807) is 12.3 Å². The number of hydrogen-bond donors (Lipinski definition) is 1. The van der Waals surface area contributed by atoms with Crippen molar-refractivity contribution in [2.24, 2.45) is 0 Å². The molecule has 2 aromatic rings. The Balaban J connectivity index is 2.28. The molecule has 0 aliphatic carbocycles. The second-order valence-electron chi connectivity index (χ2n) is 7.07. The smallest absolute Gasteiger partial charge is 0.433 e. The van der Waals surface area contributed by atoms with Crippen molar-refractivity contribution < 1.29 is 17.7 Å². The molecule has 0 fully saturated rings. The minimum Gasteiger partial charge on any atom is -0.598 e. The van der Waals surface area contributed by atoms with Gasteiger partial charge in [-0.3, -0.25) is 9.97 Å². The van der Waals surface area contributed by atoms with Crippen LogP contribution in [0.1, 0.15) is 50.7 Å². The lowest BCUT2D eigenvalue weighted by Crippen LogP contribution is -2.40. The first-order chi connectivity index (χ1) is 11.9. The minimum atomic E-state index is -4.49. The summed E-state index contributed by atoms with van der Waals surface area (Å²) in [4.78, 5) is 7.72. The van der Waals surface area contributed by atoms with Crippen LogP contribution in [0.5, 0.6) is 0 Å². The Bertz CT molecular complexity index is 775. The molecule has 0 saturated heterocycles. The first kappa shape index (κ1) is 20.7. The van der Waals surface area contributed by atoms with Crippen molar-refractivity contribution in [3.8, 4) is 11.1 Å². The maximum absolute atomic E-state index is 12.9. The second-order valence-corrected chi connectivity index (χ2v) is 9.07. The van der Waals surface area contributed by atoms with Crippen molar-refractivity contribution in [2.75, 3.05) is 0 Å². The van der Waals surface area contributed by atoms with Crippen LogP contribution in [0.3, 0.4) is 0 Å². The largest absolute Gasteiger partial charge is 0.598 e. The average molecular weight is 385 g/mol. The number of pyridine rings is 2. The van der Waals surface area contributed by atoms with Crippen LogP contribution in [-0.4, -0.2) is 19.3 Å². The Hall–Kier alpha value is -1.64. The van der Waals surface area contributed by atoms with Crippen LogP contribution >= 0.6 is 0 Å². The lowest BCUT2D eigenvalue weighted by Gasteiger charge is -2.26. The molecule has 1 N–H and O–H groups in total. The van der Waals surface area contributed by atoms with Crippen molar-refractivity contribution in [2.45, 2.75) is 51.6 Å². The molecule has 0 unspecified atom stereocenters. The number of rotatable bonds is 4. The minimum absolute atomic E-state index is 0.258. The van der Waals surface area contributed by atoms with E-state index in [2.05, 4.69) is 14.7 Å². The molecule has 0 aromatic carbocycles. The van der Waals surface area contributed by atoms with Gasteiger partial charge >= 0.3 is 6.18 Å². The van der Waals surface area contributed by atoms with Gasteiger partial charge in [-0.05, 0) is 63.9 Å². The van der Waals surface area contributed by atoms with E-state index in [0.717, 1.165) is 17.8 Å². The second kappa shape index (κ2) is 7.54. The van der Waals surface area contributed by atoms with Gasteiger partial charge in [0.1, 0.15) is 10.4 Å². The normalized spacial score (nSPS) is 15.0. The van der Waals surface area contributed by atoms with Gasteiger partial charge in [0.2, 0.25) is 0 Å². The van der Waals surface area contributed by atoms with Gasteiger partial charge in [0.15, 0.2) is 0 Å². The molecule has 142 valence electrons. The van der Waals surface area contributed by atoms with Gasteiger partial charge in [-0.15, -0.1) is 4.72 Å². The van der Waals surface area contributed by atoms with Crippen LogP contribution in [0.25, 0.3) is 11.1 Å². The summed E-state index contributed by atoms with van der Waals surface area (Å²) in [5.41, 5.74) is 1.53. The van der Waals surface area contributed by atoms with E-state index in [4.69, 9.17) is 0 Å². The van der Waals surface area contributed by atoms with Gasteiger partial charge in [0.05, 0.1) is 11.7 Å². The molecule has 8 heteroatoms. The molecule has 2 rings (SSSR count). The van der Waals surface area contributed by atoms with E-state index in [9.17, 15) is 17.7 Å². The highest BCUT2D eigenvalue weighted by atomic mass is 32.2. The van der Waals surface area contributed by atoms with E-state index in [1.807, 2.05) is 34.6 Å². The fourth-order valence-corrected chi connectivity index (χ4v) is 3.06. The Labute approximate surface area is 154 Å². The van der Waals surface area contributed by atoms with Crippen molar-refractivity contribution in [1.29, 1.82) is 0 Å². The van der Waals surface area contributed by atoms with Crippen molar-refractivity contribution in [3.05, 3.63) is 47.5 Å². The summed E-state index contributed by atoms with van der Waals surface area (Å²) in [6.45, 7) is 9.26. The van der Waals surface area contributed by atoms with Crippen LogP contribution in [0.2, 0.25) is 0 Å². The van der Waals surface area contributed by atoms with Crippen molar-refractivity contribution in [3.63, 3.8) is 0 Å². The van der Waals surface area contributed by atoms with Gasteiger partial charge < -0.3 is 4.55 Å². The fraction of sp³-hybridized carbons (Fsp3) is 0.444. The molecule has 4 nitrogen and oxygen atoms in total. The Morgan fingerprint density at radius 3 is 2.35 bits per heavy atom. The van der Waals surface area contributed by atoms with E-state index in [0.29, 0.717) is 16.8 Å². The molecule has 0 radical (unpaired) electrons. The molecule has 0 saturated carbocycles. The maximum Gasteiger partial charge on any atom is 0.433 e. The van der Waals surface area contributed by atoms with Gasteiger partial charge in [-0.1, -0.05) is 0 Å². The molecule has 0 bridgehead atoms. The number of nitrogens with zero attached hydrogens (tertiary/aromatic N) is 2. The summed E-state index contributed by atoms with van der Waals surface area (Å²) in [5, 5.41) is 0. The van der Waals surface area contributed by atoms with Crippen LogP contribution in [-0.2, 0) is 17.5 Å². The first-order valence-electron chi connectivity index (χ1n) is 8.08. The van der Waals surface area contributed by atoms with E-state index in [1.165, 1.54) is 6.07 Å². The Morgan fingerprint density at radius 2 is 1.81 bits per heavy atom. The third-order valence-corrected chi connectivity index (χ3v) is 5.46. The summed E-state index contributed by atoms with van der Waals surface area (Å²) in [7, 11) is 0. The fourth-order valence-electron chi connectivity index (χ4n) is 2.27. The summed E-state index contributed by atoms with van der Waals surface area (Å²) < 4.78 is 53.4. The summed E-state index contributed by atoms with van der Waals surface area (Å²) >= 11 is -1.25. The molecule has 0 aliphatic heterocycles. The number of hydrogen-bond acceptors (Lipinski definition) is 4. The molecule has 2 aromatic heterocycles. The molecule has 0 aliphatic rings. The molecule has 2 heterocycles. The first-order valence-corrected chi connectivity index (χ1v) is 9.23. The maximum atomic E-state index is 12.9. The topological polar surface area (TPSA) is 60.9 Å². The molecular formula is C18H22F3N3OS. The van der Waals surface area contributed by atoms with Gasteiger partial charge in [0, 0.05) is 29.3 Å². The highest BCUT2D eigenvalue weighted by Crippen LogP contribution is 2.31. The molecule has 0 amide bonds. The van der Waals surface area contributed by atoms with Gasteiger partial charge in [-0.25, -0.2) is 0 Å². The zero-order valence-corrected chi connectivity index (χ0v) is 16.1. The molecule has 0 spiro atoms. The highest BCUT2D eigenvalue weighted by molar-refractivity contribution is 7.90. The lowest BCUT2D eigenvalue weighted by atomic mass is 10.0. The molecule has 2 atom stereocenters. The lowest BCUT2D eigenvalue weighted by molar-refractivity contribution is -0.141. The van der Waals surface area contributed by atoms with E-state index < -0.39 is 28.0 Å². The third kappa shape index (κ3) is 4.96. The van der Waals surface area contributed by atoms with Crippen molar-refractivity contribution in [1.82, 2.24) is 14.7 Å². The summed E-state index contributed by atoms with van der Waals surface area (Å²) in [6.07, 6.45) is -1.81. The van der Waals surface area contributed by atoms with E-state index in [-0.39, 0.29) is 6.04 Å². The predicted molar refractivity (Wildman–Crippen MR) is 96.7 cm³/mol. The average Bonchev–Trinajstić information content (AvgIpc) is 2.53. The quantitative estimate of drug-likeness (QED) is 0.783. The Kier molecular flexibility index (Phi) is 5.99.